The van der Waals surface area contributed by atoms with Crippen molar-refractivity contribution in [2.24, 2.45) is 35.5 Å². The van der Waals surface area contributed by atoms with E-state index in [1.54, 1.807) is 0 Å². The molecule has 0 bridgehead atoms. The van der Waals surface area contributed by atoms with Crippen LogP contribution in [0, 0.1) is 35.5 Å². The number of rotatable bonds is 6. The van der Waals surface area contributed by atoms with E-state index in [1.807, 2.05) is 6.07 Å². The van der Waals surface area contributed by atoms with Crippen molar-refractivity contribution in [3.05, 3.63) is 35.9 Å². The monoisotopic (exact) mass is 454 g/mol. The smallest absolute Gasteiger partial charge is 0.160 e. The lowest BCUT2D eigenvalue weighted by molar-refractivity contribution is -0.223. The van der Waals surface area contributed by atoms with Crippen LogP contribution in [-0.2, 0) is 9.47 Å². The highest BCUT2D eigenvalue weighted by molar-refractivity contribution is 5.55. The molecule has 0 radical (unpaired) electrons. The van der Waals surface area contributed by atoms with Gasteiger partial charge in [0.05, 0.1) is 13.2 Å². The summed E-state index contributed by atoms with van der Waals surface area (Å²) in [7, 11) is 0. The van der Waals surface area contributed by atoms with Gasteiger partial charge in [-0.3, -0.25) is 0 Å². The van der Waals surface area contributed by atoms with Crippen molar-refractivity contribution in [1.82, 2.24) is 0 Å². The number of benzene rings is 1. The molecule has 4 nitrogen and oxygen atoms in total. The van der Waals surface area contributed by atoms with Gasteiger partial charge in [0.15, 0.2) is 6.29 Å². The fraction of sp³-hybridized carbons (Fsp3) is 0.724. The van der Waals surface area contributed by atoms with Crippen LogP contribution in [0.3, 0.4) is 0 Å². The molecule has 184 valence electrons. The maximum absolute atomic E-state index is 6.21. The summed E-state index contributed by atoms with van der Waals surface area (Å²) >= 11 is 0. The van der Waals surface area contributed by atoms with Crippen LogP contribution in [0.1, 0.15) is 83.6 Å². The van der Waals surface area contributed by atoms with Crippen LogP contribution >= 0.6 is 0 Å². The van der Waals surface area contributed by atoms with Gasteiger partial charge in [-0.25, -0.2) is 0 Å². The van der Waals surface area contributed by atoms with E-state index in [1.165, 1.54) is 56.9 Å². The molecular formula is C29H46N2O2. The Morgan fingerprint density at radius 2 is 1.33 bits per heavy atom. The molecule has 1 atom stereocenters. The maximum atomic E-state index is 6.21. The lowest BCUT2D eigenvalue weighted by Crippen LogP contribution is -2.38. The van der Waals surface area contributed by atoms with Crippen molar-refractivity contribution in [2.45, 2.75) is 84.3 Å². The number of hydrogen-bond donors (Lipinski definition) is 2. The van der Waals surface area contributed by atoms with Gasteiger partial charge in [-0.15, -0.1) is 0 Å². The first-order valence-corrected chi connectivity index (χ1v) is 13.5. The highest BCUT2D eigenvalue weighted by Gasteiger charge is 2.34. The average Bonchev–Trinajstić information content (AvgIpc) is 2.82. The molecule has 3 fully saturated rings. The number of nitrogens with two attached hydrogens (primary N) is 2. The van der Waals surface area contributed by atoms with Gasteiger partial charge in [0, 0.05) is 23.2 Å². The molecule has 1 aromatic carbocycles. The quantitative estimate of drug-likeness (QED) is 0.367. The van der Waals surface area contributed by atoms with E-state index in [9.17, 15) is 0 Å². The lowest BCUT2D eigenvalue weighted by atomic mass is 9.73. The Morgan fingerprint density at radius 1 is 0.758 bits per heavy atom. The first-order valence-electron chi connectivity index (χ1n) is 13.5. The summed E-state index contributed by atoms with van der Waals surface area (Å²) in [5, 5.41) is 0. The minimum atomic E-state index is 0.0196. The third-order valence-electron chi connectivity index (χ3n) is 8.84. The van der Waals surface area contributed by atoms with Crippen LogP contribution in [0.5, 0.6) is 0 Å². The minimum Gasteiger partial charge on any atom is -0.399 e. The molecule has 2 aliphatic carbocycles. The molecule has 0 amide bonds. The van der Waals surface area contributed by atoms with Crippen molar-refractivity contribution in [1.29, 1.82) is 0 Å². The fourth-order valence-electron chi connectivity index (χ4n) is 6.30. The molecule has 0 aromatic heterocycles. The zero-order valence-corrected chi connectivity index (χ0v) is 21.0. The number of nitrogen functional groups attached to an aromatic ring is 2. The third-order valence-corrected chi connectivity index (χ3v) is 8.84. The number of ether oxygens (including phenoxy) is 2. The van der Waals surface area contributed by atoms with E-state index in [0.717, 1.165) is 42.3 Å². The highest BCUT2D eigenvalue weighted by atomic mass is 16.7. The SMILES string of the molecule is CC(C)C(C)C1CCC(C2OCC(/C=C/C3CCC(c4cc(N)cc(N)c4)CC3)CO2)CC1. The van der Waals surface area contributed by atoms with E-state index in [0.29, 0.717) is 23.7 Å². The van der Waals surface area contributed by atoms with Crippen molar-refractivity contribution >= 4 is 11.4 Å². The zero-order valence-electron chi connectivity index (χ0n) is 21.0. The van der Waals surface area contributed by atoms with E-state index < -0.39 is 0 Å². The molecule has 1 aromatic rings. The molecule has 33 heavy (non-hydrogen) atoms. The minimum absolute atomic E-state index is 0.0196. The molecule has 4 N–H and O–H groups in total. The van der Waals surface area contributed by atoms with E-state index >= 15 is 0 Å². The Balaban J connectivity index is 1.17. The van der Waals surface area contributed by atoms with Crippen molar-refractivity contribution in [3.63, 3.8) is 0 Å². The molecular weight excluding hydrogens is 408 g/mol. The Morgan fingerprint density at radius 3 is 1.91 bits per heavy atom. The molecule has 1 aliphatic heterocycles. The average molecular weight is 455 g/mol. The molecule has 4 rings (SSSR count). The van der Waals surface area contributed by atoms with Gasteiger partial charge < -0.3 is 20.9 Å². The van der Waals surface area contributed by atoms with Crippen LogP contribution in [0.25, 0.3) is 0 Å². The van der Waals surface area contributed by atoms with Gasteiger partial charge in [-0.1, -0.05) is 32.9 Å². The Bertz CT molecular complexity index is 748. The summed E-state index contributed by atoms with van der Waals surface area (Å²) in [5.41, 5.74) is 14.9. The predicted octanol–water partition coefficient (Wildman–Crippen LogP) is 6.77. The topological polar surface area (TPSA) is 70.5 Å². The number of allylic oxidation sites excluding steroid dienone is 1. The molecule has 1 saturated heterocycles. The van der Waals surface area contributed by atoms with Gasteiger partial charge in [-0.2, -0.15) is 0 Å². The standard InChI is InChI=1S/C29H46N2O2/c1-19(2)20(3)23-10-12-25(13-11-23)29-32-17-22(18-33-29)5-4-21-6-8-24(9-7-21)26-14-27(30)16-28(31)15-26/h4-5,14-16,19-25,29H,6-13,17-18,30-31H2,1-3H3/b5-4+. The third kappa shape index (κ3) is 6.54. The largest absolute Gasteiger partial charge is 0.399 e. The summed E-state index contributed by atoms with van der Waals surface area (Å²) in [6.07, 6.45) is 14.9. The van der Waals surface area contributed by atoms with Gasteiger partial charge in [-0.05, 0) is 105 Å². The summed E-state index contributed by atoms with van der Waals surface area (Å²) < 4.78 is 12.4. The summed E-state index contributed by atoms with van der Waals surface area (Å²) in [5.74, 6) is 4.72. The van der Waals surface area contributed by atoms with E-state index in [-0.39, 0.29) is 6.29 Å². The lowest BCUT2D eigenvalue weighted by Gasteiger charge is -2.39. The molecule has 0 spiro atoms. The second-order valence-electron chi connectivity index (χ2n) is 11.5. The fourth-order valence-corrected chi connectivity index (χ4v) is 6.30. The second-order valence-corrected chi connectivity index (χ2v) is 11.5. The first kappa shape index (κ1) is 24.6. The van der Waals surface area contributed by atoms with Crippen molar-refractivity contribution in [2.75, 3.05) is 24.7 Å². The highest BCUT2D eigenvalue weighted by Crippen LogP contribution is 2.40. The van der Waals surface area contributed by atoms with Gasteiger partial charge >= 0.3 is 0 Å². The Kier molecular flexibility index (Phi) is 8.40. The predicted molar refractivity (Wildman–Crippen MR) is 138 cm³/mol. The van der Waals surface area contributed by atoms with Crippen LogP contribution in [0.2, 0.25) is 0 Å². The number of anilines is 2. The van der Waals surface area contributed by atoms with Gasteiger partial charge in [0.1, 0.15) is 0 Å². The van der Waals surface area contributed by atoms with Gasteiger partial charge in [0.25, 0.3) is 0 Å². The second kappa shape index (κ2) is 11.3. The molecule has 1 heterocycles. The summed E-state index contributed by atoms with van der Waals surface area (Å²) in [6.45, 7) is 8.77. The maximum Gasteiger partial charge on any atom is 0.160 e. The Hall–Kier alpha value is -1.52. The van der Waals surface area contributed by atoms with Crippen molar-refractivity contribution < 1.29 is 9.47 Å². The summed E-state index contributed by atoms with van der Waals surface area (Å²) in [4.78, 5) is 0. The molecule has 1 unspecified atom stereocenters. The van der Waals surface area contributed by atoms with Gasteiger partial charge in [0.2, 0.25) is 0 Å². The summed E-state index contributed by atoms with van der Waals surface area (Å²) in [6, 6.07) is 6.04. The Labute approximate surface area is 201 Å². The number of hydrogen-bond acceptors (Lipinski definition) is 4. The van der Waals surface area contributed by atoms with Crippen LogP contribution < -0.4 is 11.5 Å². The van der Waals surface area contributed by atoms with E-state index in [2.05, 4.69) is 45.1 Å². The zero-order chi connectivity index (χ0) is 23.4. The van der Waals surface area contributed by atoms with Crippen LogP contribution in [-0.4, -0.2) is 19.5 Å². The normalized spacial score (nSPS) is 34.5. The first-order chi connectivity index (χ1) is 15.9. The molecule has 4 heteroatoms. The molecule has 3 aliphatic rings. The molecule has 2 saturated carbocycles. The van der Waals surface area contributed by atoms with Crippen molar-refractivity contribution in [3.8, 4) is 0 Å². The van der Waals surface area contributed by atoms with Crippen LogP contribution in [0.15, 0.2) is 30.4 Å². The van der Waals surface area contributed by atoms with Crippen LogP contribution in [0.4, 0.5) is 11.4 Å². The van der Waals surface area contributed by atoms with E-state index in [4.69, 9.17) is 20.9 Å².